The zero-order valence-electron chi connectivity index (χ0n) is 12.1. The van der Waals surface area contributed by atoms with Crippen LogP contribution in [-0.4, -0.2) is 6.61 Å². The van der Waals surface area contributed by atoms with Gasteiger partial charge >= 0.3 is 0 Å². The molecular formula is C17H25NO. The van der Waals surface area contributed by atoms with E-state index in [0.717, 1.165) is 35.7 Å². The van der Waals surface area contributed by atoms with Crippen molar-refractivity contribution in [1.29, 1.82) is 0 Å². The van der Waals surface area contributed by atoms with Crippen LogP contribution in [0.4, 0.5) is 0 Å². The molecule has 0 heterocycles. The molecule has 0 spiro atoms. The average Bonchev–Trinajstić information content (AvgIpc) is 2.98. The third-order valence-electron chi connectivity index (χ3n) is 5.00. The molecule has 2 nitrogen and oxygen atoms in total. The van der Waals surface area contributed by atoms with Crippen LogP contribution in [0.2, 0.25) is 0 Å². The molecule has 2 saturated carbocycles. The van der Waals surface area contributed by atoms with Crippen LogP contribution >= 0.6 is 0 Å². The predicted molar refractivity (Wildman–Crippen MR) is 78.2 cm³/mol. The summed E-state index contributed by atoms with van der Waals surface area (Å²) < 4.78 is 6.14. The van der Waals surface area contributed by atoms with Gasteiger partial charge < -0.3 is 10.5 Å². The van der Waals surface area contributed by atoms with E-state index in [9.17, 15) is 0 Å². The molecular weight excluding hydrogens is 234 g/mol. The van der Waals surface area contributed by atoms with Gasteiger partial charge in [0, 0.05) is 11.6 Å². The third-order valence-corrected chi connectivity index (χ3v) is 5.00. The maximum absolute atomic E-state index is 6.14. The molecule has 2 N–H and O–H groups in total. The Kier molecular flexibility index (Phi) is 3.53. The van der Waals surface area contributed by atoms with E-state index in [0.29, 0.717) is 0 Å². The van der Waals surface area contributed by atoms with Crippen LogP contribution in [0.1, 0.15) is 49.8 Å². The van der Waals surface area contributed by atoms with Gasteiger partial charge in [-0.2, -0.15) is 0 Å². The van der Waals surface area contributed by atoms with Crippen LogP contribution in [0.15, 0.2) is 18.2 Å². The molecule has 0 saturated heterocycles. The van der Waals surface area contributed by atoms with Crippen molar-refractivity contribution in [3.63, 3.8) is 0 Å². The number of ether oxygens (including phenoxy) is 1. The van der Waals surface area contributed by atoms with Gasteiger partial charge in [0.05, 0.1) is 6.61 Å². The molecule has 4 unspecified atom stereocenters. The summed E-state index contributed by atoms with van der Waals surface area (Å²) in [4.78, 5) is 0. The van der Waals surface area contributed by atoms with Crippen molar-refractivity contribution in [3.8, 4) is 5.75 Å². The number of rotatable bonds is 4. The molecule has 0 aromatic heterocycles. The molecule has 1 aromatic carbocycles. The second-order valence-corrected chi connectivity index (χ2v) is 6.58. The lowest BCUT2D eigenvalue weighted by Crippen LogP contribution is -2.19. The van der Waals surface area contributed by atoms with Gasteiger partial charge in [-0.15, -0.1) is 0 Å². The van der Waals surface area contributed by atoms with Crippen LogP contribution in [0.25, 0.3) is 0 Å². The number of nitrogens with two attached hydrogens (primary N) is 1. The van der Waals surface area contributed by atoms with Crippen molar-refractivity contribution in [3.05, 3.63) is 29.3 Å². The Hall–Kier alpha value is -1.02. The molecule has 0 aliphatic heterocycles. The summed E-state index contributed by atoms with van der Waals surface area (Å²) in [7, 11) is 0. The fourth-order valence-corrected chi connectivity index (χ4v) is 3.92. The Labute approximate surface area is 116 Å². The highest BCUT2D eigenvalue weighted by Gasteiger charge is 2.39. The molecule has 0 radical (unpaired) electrons. The Morgan fingerprint density at radius 1 is 1.32 bits per heavy atom. The summed E-state index contributed by atoms with van der Waals surface area (Å²) in [5.74, 6) is 3.69. The molecule has 4 atom stereocenters. The number of fused-ring (bicyclic) bond motifs is 2. The summed E-state index contributed by atoms with van der Waals surface area (Å²) in [6, 6.07) is 6.39. The van der Waals surface area contributed by atoms with Gasteiger partial charge in [0.25, 0.3) is 0 Å². The normalized spacial score (nSPS) is 30.6. The highest BCUT2D eigenvalue weighted by Crippen LogP contribution is 2.48. The topological polar surface area (TPSA) is 35.2 Å². The van der Waals surface area contributed by atoms with Crippen molar-refractivity contribution in [2.75, 3.05) is 6.61 Å². The summed E-state index contributed by atoms with van der Waals surface area (Å²) >= 11 is 0. The Morgan fingerprint density at radius 2 is 2.16 bits per heavy atom. The van der Waals surface area contributed by atoms with Crippen LogP contribution in [0.3, 0.4) is 0 Å². The van der Waals surface area contributed by atoms with E-state index in [4.69, 9.17) is 10.5 Å². The standard InChI is InChI=1S/C17H25NO/c1-11-3-6-16(12(2)18)17(7-11)19-10-15-9-13-4-5-14(15)8-13/h3,6-7,12-15H,4-5,8-10,18H2,1-2H3. The minimum Gasteiger partial charge on any atom is -0.493 e. The molecule has 3 rings (SSSR count). The Bertz CT molecular complexity index is 455. The minimum absolute atomic E-state index is 0.0376. The monoisotopic (exact) mass is 259 g/mol. The number of hydrogen-bond acceptors (Lipinski definition) is 2. The van der Waals surface area contributed by atoms with Crippen LogP contribution < -0.4 is 10.5 Å². The fourth-order valence-electron chi connectivity index (χ4n) is 3.92. The van der Waals surface area contributed by atoms with Gasteiger partial charge in [-0.1, -0.05) is 18.6 Å². The van der Waals surface area contributed by atoms with E-state index in [1.807, 2.05) is 6.92 Å². The molecule has 104 valence electrons. The van der Waals surface area contributed by atoms with E-state index in [1.165, 1.54) is 31.2 Å². The predicted octanol–water partition coefficient (Wildman–Crippen LogP) is 3.83. The van der Waals surface area contributed by atoms with E-state index in [2.05, 4.69) is 25.1 Å². The summed E-state index contributed by atoms with van der Waals surface area (Å²) in [5.41, 5.74) is 8.40. The molecule has 2 heteroatoms. The quantitative estimate of drug-likeness (QED) is 0.892. The lowest BCUT2D eigenvalue weighted by atomic mass is 9.89. The van der Waals surface area contributed by atoms with Gasteiger partial charge in [-0.05, 0) is 62.5 Å². The summed E-state index contributed by atoms with van der Waals surface area (Å²) in [5, 5.41) is 0. The van der Waals surface area contributed by atoms with Crippen molar-refractivity contribution in [2.45, 2.75) is 45.6 Å². The third kappa shape index (κ3) is 2.64. The maximum Gasteiger partial charge on any atom is 0.124 e. The first-order valence-corrected chi connectivity index (χ1v) is 7.62. The highest BCUT2D eigenvalue weighted by atomic mass is 16.5. The van der Waals surface area contributed by atoms with Crippen molar-refractivity contribution in [1.82, 2.24) is 0 Å². The highest BCUT2D eigenvalue weighted by molar-refractivity contribution is 5.38. The van der Waals surface area contributed by atoms with Crippen LogP contribution in [-0.2, 0) is 0 Å². The zero-order valence-corrected chi connectivity index (χ0v) is 12.1. The lowest BCUT2D eigenvalue weighted by molar-refractivity contribution is 0.193. The van der Waals surface area contributed by atoms with E-state index in [-0.39, 0.29) is 6.04 Å². The van der Waals surface area contributed by atoms with E-state index >= 15 is 0 Å². The molecule has 2 fully saturated rings. The van der Waals surface area contributed by atoms with Crippen molar-refractivity contribution >= 4 is 0 Å². The molecule has 1 aromatic rings. The number of aryl methyl sites for hydroxylation is 1. The first-order valence-electron chi connectivity index (χ1n) is 7.62. The van der Waals surface area contributed by atoms with Crippen LogP contribution in [0, 0.1) is 24.7 Å². The fraction of sp³-hybridized carbons (Fsp3) is 0.647. The second kappa shape index (κ2) is 5.16. The molecule has 2 bridgehead atoms. The zero-order chi connectivity index (χ0) is 13.4. The SMILES string of the molecule is Cc1ccc(C(C)N)c(OCC2CC3CCC2C3)c1. The van der Waals surface area contributed by atoms with Gasteiger partial charge in [-0.3, -0.25) is 0 Å². The second-order valence-electron chi connectivity index (χ2n) is 6.58. The van der Waals surface area contributed by atoms with Gasteiger partial charge in [0.15, 0.2) is 0 Å². The van der Waals surface area contributed by atoms with Gasteiger partial charge in [-0.25, -0.2) is 0 Å². The first kappa shape index (κ1) is 13.0. The lowest BCUT2D eigenvalue weighted by Gasteiger charge is -2.23. The smallest absolute Gasteiger partial charge is 0.124 e. The van der Waals surface area contributed by atoms with E-state index in [1.54, 1.807) is 0 Å². The Balaban J connectivity index is 1.67. The summed E-state index contributed by atoms with van der Waals surface area (Å²) in [6.07, 6.45) is 5.70. The van der Waals surface area contributed by atoms with Gasteiger partial charge in [0.2, 0.25) is 0 Å². The van der Waals surface area contributed by atoms with E-state index < -0.39 is 0 Å². The van der Waals surface area contributed by atoms with Crippen molar-refractivity contribution in [2.24, 2.45) is 23.5 Å². The maximum atomic E-state index is 6.14. The number of hydrogen-bond donors (Lipinski definition) is 1. The van der Waals surface area contributed by atoms with Crippen LogP contribution in [0.5, 0.6) is 5.75 Å². The summed E-state index contributed by atoms with van der Waals surface area (Å²) in [6.45, 7) is 5.01. The molecule has 19 heavy (non-hydrogen) atoms. The van der Waals surface area contributed by atoms with Gasteiger partial charge in [0.1, 0.15) is 5.75 Å². The first-order chi connectivity index (χ1) is 9.13. The molecule has 0 amide bonds. The number of benzene rings is 1. The molecule has 2 aliphatic carbocycles. The molecule has 2 aliphatic rings. The average molecular weight is 259 g/mol. The minimum atomic E-state index is 0.0376. The van der Waals surface area contributed by atoms with Crippen molar-refractivity contribution < 1.29 is 4.74 Å². The largest absolute Gasteiger partial charge is 0.493 e. The Morgan fingerprint density at radius 3 is 2.79 bits per heavy atom.